The summed E-state index contributed by atoms with van der Waals surface area (Å²) in [5.41, 5.74) is 0. The lowest BCUT2D eigenvalue weighted by Crippen LogP contribution is -2.50. The number of methoxy groups -OCH3 is 1. The van der Waals surface area contributed by atoms with Gasteiger partial charge in [-0.1, -0.05) is 13.8 Å². The van der Waals surface area contributed by atoms with E-state index in [1.54, 1.807) is 11.4 Å². The molecule has 2 aliphatic heterocycles. The fourth-order valence-electron chi connectivity index (χ4n) is 3.69. The highest BCUT2D eigenvalue weighted by molar-refractivity contribution is 7.87. The SMILES string of the molecule is COCC1CCN(S(=O)(=O)NCC(C(C)C)N2CCCC2)CC1. The van der Waals surface area contributed by atoms with Crippen molar-refractivity contribution >= 4 is 10.2 Å². The van der Waals surface area contributed by atoms with E-state index in [9.17, 15) is 8.42 Å². The molecule has 0 aromatic rings. The van der Waals surface area contributed by atoms with Crippen LogP contribution in [0.3, 0.4) is 0 Å². The second-order valence-corrected chi connectivity index (χ2v) is 8.96. The fraction of sp³-hybridized carbons (Fsp3) is 1.00. The minimum absolute atomic E-state index is 0.290. The summed E-state index contributed by atoms with van der Waals surface area (Å²) < 4.78 is 34.7. The summed E-state index contributed by atoms with van der Waals surface area (Å²) >= 11 is 0. The molecule has 2 fully saturated rings. The molecule has 0 aromatic carbocycles. The third-order valence-electron chi connectivity index (χ3n) is 5.17. The zero-order valence-electron chi connectivity index (χ0n) is 14.8. The third-order valence-corrected chi connectivity index (χ3v) is 6.75. The van der Waals surface area contributed by atoms with Crippen molar-refractivity contribution in [3.8, 4) is 0 Å². The average Bonchev–Trinajstić information content (AvgIpc) is 3.02. The van der Waals surface area contributed by atoms with Crippen LogP contribution in [-0.4, -0.2) is 70.1 Å². The van der Waals surface area contributed by atoms with Crippen molar-refractivity contribution < 1.29 is 13.2 Å². The van der Waals surface area contributed by atoms with Gasteiger partial charge >= 0.3 is 0 Å². The van der Waals surface area contributed by atoms with E-state index in [0.29, 0.717) is 37.5 Å². The van der Waals surface area contributed by atoms with Gasteiger partial charge in [0.15, 0.2) is 0 Å². The Hall–Kier alpha value is -0.210. The van der Waals surface area contributed by atoms with Crippen molar-refractivity contribution in [2.24, 2.45) is 11.8 Å². The van der Waals surface area contributed by atoms with Crippen LogP contribution < -0.4 is 4.72 Å². The molecule has 0 aliphatic carbocycles. The lowest BCUT2D eigenvalue weighted by Gasteiger charge is -2.34. The minimum atomic E-state index is -3.36. The Morgan fingerprint density at radius 2 is 1.74 bits per heavy atom. The van der Waals surface area contributed by atoms with Crippen LogP contribution in [0.5, 0.6) is 0 Å². The number of hydrogen-bond donors (Lipinski definition) is 1. The number of nitrogens with one attached hydrogen (secondary N) is 1. The van der Waals surface area contributed by atoms with Crippen molar-refractivity contribution in [1.29, 1.82) is 0 Å². The molecule has 2 heterocycles. The van der Waals surface area contributed by atoms with Gasteiger partial charge in [0.2, 0.25) is 0 Å². The van der Waals surface area contributed by atoms with Gasteiger partial charge < -0.3 is 4.74 Å². The predicted octanol–water partition coefficient (Wildman–Crippen LogP) is 1.30. The van der Waals surface area contributed by atoms with Gasteiger partial charge in [-0.05, 0) is 50.6 Å². The molecule has 0 saturated carbocycles. The Bertz CT molecular complexity index is 441. The first-order valence-electron chi connectivity index (χ1n) is 8.91. The molecule has 0 bridgehead atoms. The van der Waals surface area contributed by atoms with E-state index in [4.69, 9.17) is 4.74 Å². The van der Waals surface area contributed by atoms with Crippen LogP contribution in [-0.2, 0) is 14.9 Å². The van der Waals surface area contributed by atoms with Crippen molar-refractivity contribution in [3.63, 3.8) is 0 Å². The van der Waals surface area contributed by atoms with Crippen LogP contribution in [0.2, 0.25) is 0 Å². The maximum absolute atomic E-state index is 12.6. The molecule has 2 rings (SSSR count). The topological polar surface area (TPSA) is 61.9 Å². The van der Waals surface area contributed by atoms with E-state index in [1.807, 2.05) is 0 Å². The van der Waals surface area contributed by atoms with Crippen LogP contribution in [0, 0.1) is 11.8 Å². The number of rotatable bonds is 8. The zero-order chi connectivity index (χ0) is 16.9. The molecule has 1 N–H and O–H groups in total. The number of likely N-dealkylation sites (tertiary alicyclic amines) is 1. The molecule has 6 nitrogen and oxygen atoms in total. The molecule has 0 amide bonds. The quantitative estimate of drug-likeness (QED) is 0.719. The monoisotopic (exact) mass is 347 g/mol. The Morgan fingerprint density at radius 1 is 1.13 bits per heavy atom. The molecule has 0 aromatic heterocycles. The van der Waals surface area contributed by atoms with Gasteiger partial charge in [0, 0.05) is 39.4 Å². The van der Waals surface area contributed by atoms with Crippen LogP contribution in [0.4, 0.5) is 0 Å². The first-order valence-corrected chi connectivity index (χ1v) is 10.4. The molecule has 23 heavy (non-hydrogen) atoms. The standard InChI is InChI=1S/C16H33N3O3S/c1-14(2)16(18-8-4-5-9-18)12-17-23(20,21)19-10-6-15(7-11-19)13-22-3/h14-17H,4-13H2,1-3H3. The highest BCUT2D eigenvalue weighted by Crippen LogP contribution is 2.20. The number of ether oxygens (including phenoxy) is 1. The van der Waals surface area contributed by atoms with E-state index in [0.717, 1.165) is 32.5 Å². The normalized spacial score (nSPS) is 23.7. The lowest BCUT2D eigenvalue weighted by molar-refractivity contribution is 0.121. The fourth-order valence-corrected chi connectivity index (χ4v) is 4.95. The van der Waals surface area contributed by atoms with Crippen molar-refractivity contribution in [3.05, 3.63) is 0 Å². The molecule has 2 aliphatic rings. The number of nitrogens with zero attached hydrogens (tertiary/aromatic N) is 2. The second-order valence-electron chi connectivity index (χ2n) is 7.21. The molecule has 1 unspecified atom stereocenters. The van der Waals surface area contributed by atoms with Crippen molar-refractivity contribution in [1.82, 2.24) is 13.9 Å². The van der Waals surface area contributed by atoms with Gasteiger partial charge in [0.25, 0.3) is 10.2 Å². The average molecular weight is 348 g/mol. The molecule has 0 spiro atoms. The maximum Gasteiger partial charge on any atom is 0.279 e. The van der Waals surface area contributed by atoms with Gasteiger partial charge in [-0.2, -0.15) is 12.7 Å². The summed E-state index contributed by atoms with van der Waals surface area (Å²) in [6, 6.07) is 0.290. The first-order chi connectivity index (χ1) is 10.9. The summed E-state index contributed by atoms with van der Waals surface area (Å²) in [6.07, 6.45) is 4.22. The van der Waals surface area contributed by atoms with Gasteiger partial charge in [0.1, 0.15) is 0 Å². The van der Waals surface area contributed by atoms with Gasteiger partial charge in [-0.3, -0.25) is 4.90 Å². The smallest absolute Gasteiger partial charge is 0.279 e. The largest absolute Gasteiger partial charge is 0.384 e. The number of hydrogen-bond acceptors (Lipinski definition) is 4. The predicted molar refractivity (Wildman–Crippen MR) is 92.5 cm³/mol. The summed E-state index contributed by atoms with van der Waals surface area (Å²) in [4.78, 5) is 2.43. The second kappa shape index (κ2) is 8.76. The van der Waals surface area contributed by atoms with Crippen molar-refractivity contribution in [2.45, 2.75) is 45.6 Å². The van der Waals surface area contributed by atoms with Gasteiger partial charge in [-0.25, -0.2) is 4.72 Å². The highest BCUT2D eigenvalue weighted by atomic mass is 32.2. The molecule has 0 radical (unpaired) electrons. The third kappa shape index (κ3) is 5.39. The van der Waals surface area contributed by atoms with Crippen LogP contribution >= 0.6 is 0 Å². The summed E-state index contributed by atoms with van der Waals surface area (Å²) in [6.45, 7) is 8.96. The lowest BCUT2D eigenvalue weighted by atomic mass is 9.99. The van der Waals surface area contributed by atoms with Crippen LogP contribution in [0.1, 0.15) is 39.5 Å². The Labute approximate surface area is 141 Å². The minimum Gasteiger partial charge on any atom is -0.384 e. The zero-order valence-corrected chi connectivity index (χ0v) is 15.6. The molecular weight excluding hydrogens is 314 g/mol. The highest BCUT2D eigenvalue weighted by Gasteiger charge is 2.30. The summed E-state index contributed by atoms with van der Waals surface area (Å²) in [5.74, 6) is 0.933. The summed E-state index contributed by atoms with van der Waals surface area (Å²) in [7, 11) is -1.66. The Morgan fingerprint density at radius 3 is 2.26 bits per heavy atom. The van der Waals surface area contributed by atoms with Crippen molar-refractivity contribution in [2.75, 3.05) is 46.4 Å². The van der Waals surface area contributed by atoms with E-state index >= 15 is 0 Å². The van der Waals surface area contributed by atoms with Gasteiger partial charge in [0.05, 0.1) is 0 Å². The van der Waals surface area contributed by atoms with Crippen LogP contribution in [0.25, 0.3) is 0 Å². The Balaban J connectivity index is 1.85. The van der Waals surface area contributed by atoms with E-state index in [1.165, 1.54) is 12.8 Å². The first kappa shape index (κ1) is 19.1. The molecule has 2 saturated heterocycles. The molecular formula is C16H33N3O3S. The molecule has 7 heteroatoms. The number of piperidine rings is 1. The summed E-state index contributed by atoms with van der Waals surface area (Å²) in [5, 5.41) is 0. The maximum atomic E-state index is 12.6. The molecule has 136 valence electrons. The Kier molecular flexibility index (Phi) is 7.28. The van der Waals surface area contributed by atoms with Crippen LogP contribution in [0.15, 0.2) is 0 Å². The van der Waals surface area contributed by atoms with Gasteiger partial charge in [-0.15, -0.1) is 0 Å². The molecule has 1 atom stereocenters. The van der Waals surface area contributed by atoms with E-state index in [-0.39, 0.29) is 0 Å². The van der Waals surface area contributed by atoms with E-state index in [2.05, 4.69) is 23.5 Å². The van der Waals surface area contributed by atoms with E-state index < -0.39 is 10.2 Å².